The third kappa shape index (κ3) is 4.91. The minimum absolute atomic E-state index is 0.224. The van der Waals surface area contributed by atoms with Crippen molar-refractivity contribution in [3.63, 3.8) is 0 Å². The van der Waals surface area contributed by atoms with Gasteiger partial charge in [0.05, 0.1) is 6.04 Å². The molecule has 1 aromatic carbocycles. The lowest BCUT2D eigenvalue weighted by Crippen LogP contribution is -2.32. The molecule has 0 fully saturated rings. The van der Waals surface area contributed by atoms with Crippen LogP contribution >= 0.6 is 0 Å². The number of hydrogen-bond donors (Lipinski definition) is 1. The number of amides is 1. The van der Waals surface area contributed by atoms with Gasteiger partial charge in [-0.05, 0) is 18.6 Å². The number of carbonyl (C=O) groups excluding carboxylic acids is 1. The largest absolute Gasteiger partial charge is 0.332 e. The van der Waals surface area contributed by atoms with Crippen LogP contribution in [0.15, 0.2) is 30.3 Å². The molecular formula is C15H15NO. The van der Waals surface area contributed by atoms with Crippen molar-refractivity contribution in [3.8, 4) is 24.2 Å². The van der Waals surface area contributed by atoms with E-state index in [1.54, 1.807) is 0 Å². The van der Waals surface area contributed by atoms with Gasteiger partial charge in [-0.15, -0.1) is 6.42 Å². The Labute approximate surface area is 102 Å². The highest BCUT2D eigenvalue weighted by atomic mass is 16.1. The van der Waals surface area contributed by atoms with Crippen LogP contribution in [0.25, 0.3) is 0 Å². The van der Waals surface area contributed by atoms with Crippen LogP contribution in [0.5, 0.6) is 0 Å². The maximum atomic E-state index is 11.5. The fourth-order valence-corrected chi connectivity index (χ4v) is 1.33. The summed E-state index contributed by atoms with van der Waals surface area (Å²) in [5, 5.41) is 2.69. The van der Waals surface area contributed by atoms with Crippen molar-refractivity contribution in [1.82, 2.24) is 5.32 Å². The fraction of sp³-hybridized carbons (Fsp3) is 0.267. The molecular weight excluding hydrogens is 210 g/mol. The SMILES string of the molecule is C#CC(CCC)NC(=O)C#Cc1ccccc1. The number of carbonyl (C=O) groups is 1. The monoisotopic (exact) mass is 225 g/mol. The van der Waals surface area contributed by atoms with Gasteiger partial charge in [0.1, 0.15) is 0 Å². The van der Waals surface area contributed by atoms with E-state index in [2.05, 4.69) is 23.1 Å². The summed E-state index contributed by atoms with van der Waals surface area (Å²) in [6.07, 6.45) is 7.01. The van der Waals surface area contributed by atoms with E-state index in [0.29, 0.717) is 0 Å². The topological polar surface area (TPSA) is 29.1 Å². The molecule has 1 N–H and O–H groups in total. The first-order valence-electron chi connectivity index (χ1n) is 5.60. The molecule has 0 heterocycles. The fourth-order valence-electron chi connectivity index (χ4n) is 1.33. The molecule has 0 aromatic heterocycles. The van der Waals surface area contributed by atoms with Gasteiger partial charge in [0.15, 0.2) is 0 Å². The van der Waals surface area contributed by atoms with Crippen LogP contribution in [0.2, 0.25) is 0 Å². The second-order valence-corrected chi connectivity index (χ2v) is 3.60. The molecule has 1 rings (SSSR count). The number of rotatable bonds is 3. The third-order valence-corrected chi connectivity index (χ3v) is 2.18. The van der Waals surface area contributed by atoms with Crippen LogP contribution in [-0.2, 0) is 4.79 Å². The summed E-state index contributed by atoms with van der Waals surface area (Å²) in [7, 11) is 0. The Hall–Kier alpha value is -2.19. The van der Waals surface area contributed by atoms with Crippen LogP contribution in [0.4, 0.5) is 0 Å². The predicted octanol–water partition coefficient (Wildman–Crippen LogP) is 1.96. The highest BCUT2D eigenvalue weighted by Crippen LogP contribution is 1.96. The summed E-state index contributed by atoms with van der Waals surface area (Å²) in [6.45, 7) is 2.02. The van der Waals surface area contributed by atoms with Crippen molar-refractivity contribution >= 4 is 5.91 Å². The molecule has 0 spiro atoms. The molecule has 2 nitrogen and oxygen atoms in total. The van der Waals surface area contributed by atoms with Crippen LogP contribution < -0.4 is 5.32 Å². The average Bonchev–Trinajstić information content (AvgIpc) is 2.37. The summed E-state index contributed by atoms with van der Waals surface area (Å²) in [4.78, 5) is 11.5. The zero-order chi connectivity index (χ0) is 12.5. The van der Waals surface area contributed by atoms with Crippen molar-refractivity contribution in [2.75, 3.05) is 0 Å². The van der Waals surface area contributed by atoms with Crippen LogP contribution in [-0.4, -0.2) is 11.9 Å². The smallest absolute Gasteiger partial charge is 0.297 e. The highest BCUT2D eigenvalue weighted by Gasteiger charge is 2.05. The van der Waals surface area contributed by atoms with Crippen LogP contribution in [0.1, 0.15) is 25.3 Å². The summed E-state index contributed by atoms with van der Waals surface area (Å²) in [6, 6.07) is 9.14. The average molecular weight is 225 g/mol. The van der Waals surface area contributed by atoms with Gasteiger partial charge >= 0.3 is 0 Å². The van der Waals surface area contributed by atoms with Crippen LogP contribution in [0.3, 0.4) is 0 Å². The van der Waals surface area contributed by atoms with Gasteiger partial charge in [-0.2, -0.15) is 0 Å². The molecule has 1 unspecified atom stereocenters. The lowest BCUT2D eigenvalue weighted by Gasteiger charge is -2.08. The first kappa shape index (κ1) is 12.9. The van der Waals surface area contributed by atoms with Gasteiger partial charge < -0.3 is 5.32 Å². The first-order chi connectivity index (χ1) is 8.26. The second kappa shape index (κ2) is 7.14. The Morgan fingerprint density at radius 2 is 2.12 bits per heavy atom. The molecule has 1 aromatic rings. The van der Waals surface area contributed by atoms with E-state index in [-0.39, 0.29) is 11.9 Å². The minimum Gasteiger partial charge on any atom is -0.332 e. The first-order valence-corrected chi connectivity index (χ1v) is 5.60. The maximum Gasteiger partial charge on any atom is 0.297 e. The zero-order valence-corrected chi connectivity index (χ0v) is 9.86. The molecule has 0 aliphatic rings. The highest BCUT2D eigenvalue weighted by molar-refractivity contribution is 5.94. The lowest BCUT2D eigenvalue weighted by atomic mass is 10.2. The predicted molar refractivity (Wildman–Crippen MR) is 69.0 cm³/mol. The summed E-state index contributed by atoms with van der Waals surface area (Å²) in [5.41, 5.74) is 0.815. The number of hydrogen-bond acceptors (Lipinski definition) is 1. The maximum absolute atomic E-state index is 11.5. The van der Waals surface area contributed by atoms with Crippen molar-refractivity contribution in [2.45, 2.75) is 25.8 Å². The van der Waals surface area contributed by atoms with Gasteiger partial charge in [-0.25, -0.2) is 0 Å². The Morgan fingerprint density at radius 3 is 2.71 bits per heavy atom. The van der Waals surface area contributed by atoms with Crippen LogP contribution in [0, 0.1) is 24.2 Å². The molecule has 0 radical (unpaired) electrons. The molecule has 0 saturated heterocycles. The van der Waals surface area contributed by atoms with Crippen molar-refractivity contribution in [3.05, 3.63) is 35.9 Å². The zero-order valence-electron chi connectivity index (χ0n) is 9.86. The Balaban J connectivity index is 2.56. The van der Waals surface area contributed by atoms with Gasteiger partial charge in [0.25, 0.3) is 5.91 Å². The van der Waals surface area contributed by atoms with E-state index in [1.807, 2.05) is 37.3 Å². The lowest BCUT2D eigenvalue weighted by molar-refractivity contribution is -0.116. The van der Waals surface area contributed by atoms with Crippen molar-refractivity contribution in [1.29, 1.82) is 0 Å². The summed E-state index contributed by atoms with van der Waals surface area (Å²) < 4.78 is 0. The number of nitrogens with one attached hydrogen (secondary N) is 1. The number of benzene rings is 1. The molecule has 1 amide bonds. The van der Waals surface area contributed by atoms with Gasteiger partial charge in [0.2, 0.25) is 0 Å². The molecule has 86 valence electrons. The van der Waals surface area contributed by atoms with E-state index in [1.165, 1.54) is 0 Å². The second-order valence-electron chi connectivity index (χ2n) is 3.60. The normalized spacial score (nSPS) is 10.6. The third-order valence-electron chi connectivity index (χ3n) is 2.18. The molecule has 1 atom stereocenters. The van der Waals surface area contributed by atoms with E-state index < -0.39 is 0 Å². The molecule has 17 heavy (non-hydrogen) atoms. The summed E-state index contributed by atoms with van der Waals surface area (Å²) >= 11 is 0. The minimum atomic E-state index is -0.328. The van der Waals surface area contributed by atoms with Gasteiger partial charge in [0, 0.05) is 11.5 Å². The van der Waals surface area contributed by atoms with Crippen molar-refractivity contribution in [2.24, 2.45) is 0 Å². The molecule has 0 aliphatic heterocycles. The molecule has 0 saturated carbocycles. The standard InChI is InChI=1S/C15H15NO/c1-3-8-14(4-2)16-15(17)12-11-13-9-6-5-7-10-13/h2,5-7,9-10,14H,3,8H2,1H3,(H,16,17). The summed E-state index contributed by atoms with van der Waals surface area (Å²) in [5.74, 6) is 7.52. The Kier molecular flexibility index (Phi) is 5.41. The molecule has 0 bridgehead atoms. The number of terminal acetylenes is 1. The van der Waals surface area contributed by atoms with E-state index in [9.17, 15) is 4.79 Å². The van der Waals surface area contributed by atoms with Gasteiger partial charge in [-0.3, -0.25) is 4.79 Å². The quantitative estimate of drug-likeness (QED) is 0.783. The molecule has 0 aliphatic carbocycles. The Bertz CT molecular complexity index is 459. The van der Waals surface area contributed by atoms with E-state index in [4.69, 9.17) is 6.42 Å². The van der Waals surface area contributed by atoms with E-state index in [0.717, 1.165) is 18.4 Å². The van der Waals surface area contributed by atoms with E-state index >= 15 is 0 Å². The van der Waals surface area contributed by atoms with Crippen molar-refractivity contribution < 1.29 is 4.79 Å². The Morgan fingerprint density at radius 1 is 1.41 bits per heavy atom. The molecule has 2 heteroatoms. The van der Waals surface area contributed by atoms with Gasteiger partial charge in [-0.1, -0.05) is 43.4 Å².